The molecule has 0 heterocycles. The highest BCUT2D eigenvalue weighted by molar-refractivity contribution is 5.81. The van der Waals surface area contributed by atoms with E-state index < -0.39 is 11.9 Å². The van der Waals surface area contributed by atoms with Crippen molar-refractivity contribution in [3.05, 3.63) is 12.7 Å². The molecule has 1 unspecified atom stereocenters. The first-order chi connectivity index (χ1) is 7.10. The molecule has 1 atom stereocenters. The third kappa shape index (κ3) is 7.69. The molecule has 0 spiro atoms. The maximum atomic E-state index is 11.1. The van der Waals surface area contributed by atoms with Gasteiger partial charge in [-0.3, -0.25) is 4.79 Å². The Bertz CT molecular complexity index is 224. The molecule has 86 valence electrons. The molecule has 0 aromatic carbocycles. The monoisotopic (exact) mass is 216 g/mol. The molecule has 0 fully saturated rings. The molecule has 0 aromatic rings. The van der Waals surface area contributed by atoms with E-state index in [0.717, 1.165) is 6.08 Å². The minimum atomic E-state index is -0.548. The summed E-state index contributed by atoms with van der Waals surface area (Å²) in [6.45, 7) is 5.29. The van der Waals surface area contributed by atoms with E-state index in [1.807, 2.05) is 0 Å². The Hall–Kier alpha value is -1.36. The summed E-state index contributed by atoms with van der Waals surface area (Å²) in [5.41, 5.74) is 0. The molecule has 0 bridgehead atoms. The number of carbonyl (C=O) groups excluding carboxylic acids is 2. The van der Waals surface area contributed by atoms with Crippen LogP contribution in [0.2, 0.25) is 0 Å². The number of esters is 2. The standard InChI is InChI=1S/C10H16O5/c1-4-9(11)14-6-5-10(12)15-8(2)7-13-3/h4,8H,1,5-7H2,2-3H3. The summed E-state index contributed by atoms with van der Waals surface area (Å²) in [6, 6.07) is 0. The van der Waals surface area contributed by atoms with Gasteiger partial charge < -0.3 is 14.2 Å². The predicted octanol–water partition coefficient (Wildman–Crippen LogP) is 0.684. The zero-order valence-electron chi connectivity index (χ0n) is 9.02. The summed E-state index contributed by atoms with van der Waals surface area (Å²) in [6.07, 6.45) is 0.782. The van der Waals surface area contributed by atoms with Gasteiger partial charge in [-0.2, -0.15) is 0 Å². The van der Waals surface area contributed by atoms with E-state index >= 15 is 0 Å². The fourth-order valence-corrected chi connectivity index (χ4v) is 0.846. The van der Waals surface area contributed by atoms with Crippen LogP contribution in [-0.4, -0.2) is 38.4 Å². The molecule has 0 amide bonds. The van der Waals surface area contributed by atoms with Crippen LogP contribution in [0.1, 0.15) is 13.3 Å². The fourth-order valence-electron chi connectivity index (χ4n) is 0.846. The first-order valence-corrected chi connectivity index (χ1v) is 4.57. The van der Waals surface area contributed by atoms with Crippen molar-refractivity contribution >= 4 is 11.9 Å². The molecule has 5 nitrogen and oxygen atoms in total. The van der Waals surface area contributed by atoms with Crippen LogP contribution < -0.4 is 0 Å². The largest absolute Gasteiger partial charge is 0.462 e. The number of ether oxygens (including phenoxy) is 3. The molecule has 0 aromatic heterocycles. The number of methoxy groups -OCH3 is 1. The molecule has 0 rings (SSSR count). The second kappa shape index (κ2) is 7.99. The predicted molar refractivity (Wildman–Crippen MR) is 53.2 cm³/mol. The molecule has 5 heteroatoms. The van der Waals surface area contributed by atoms with Gasteiger partial charge in [-0.25, -0.2) is 4.79 Å². The summed E-state index contributed by atoms with van der Waals surface area (Å²) in [4.78, 5) is 21.7. The van der Waals surface area contributed by atoms with Gasteiger partial charge in [0.1, 0.15) is 12.7 Å². The molecule has 0 N–H and O–H groups in total. The van der Waals surface area contributed by atoms with Crippen molar-refractivity contribution in [2.75, 3.05) is 20.3 Å². The molecule has 0 aliphatic heterocycles. The van der Waals surface area contributed by atoms with E-state index in [0.29, 0.717) is 6.61 Å². The number of hydrogen-bond donors (Lipinski definition) is 0. The lowest BCUT2D eigenvalue weighted by molar-refractivity contribution is -0.152. The lowest BCUT2D eigenvalue weighted by Crippen LogP contribution is -2.20. The van der Waals surface area contributed by atoms with Crippen molar-refractivity contribution in [2.45, 2.75) is 19.4 Å². The van der Waals surface area contributed by atoms with Crippen LogP contribution in [0.15, 0.2) is 12.7 Å². The first-order valence-electron chi connectivity index (χ1n) is 4.57. The minimum Gasteiger partial charge on any atom is -0.462 e. The van der Waals surface area contributed by atoms with Crippen LogP contribution in [0, 0.1) is 0 Å². The zero-order chi connectivity index (χ0) is 11.7. The molecular weight excluding hydrogens is 200 g/mol. The summed E-state index contributed by atoms with van der Waals surface area (Å²) in [5, 5.41) is 0. The topological polar surface area (TPSA) is 61.8 Å². The average Bonchev–Trinajstić information content (AvgIpc) is 2.17. The van der Waals surface area contributed by atoms with Crippen LogP contribution in [0.5, 0.6) is 0 Å². The highest BCUT2D eigenvalue weighted by Crippen LogP contribution is 1.96. The van der Waals surface area contributed by atoms with Gasteiger partial charge in [-0.15, -0.1) is 0 Å². The van der Waals surface area contributed by atoms with Gasteiger partial charge in [0, 0.05) is 13.2 Å². The summed E-state index contributed by atoms with van der Waals surface area (Å²) >= 11 is 0. The maximum absolute atomic E-state index is 11.1. The molecule has 0 radical (unpaired) electrons. The summed E-state index contributed by atoms with van der Waals surface area (Å²) in [5.74, 6) is -0.968. The molecule has 0 saturated heterocycles. The highest BCUT2D eigenvalue weighted by atomic mass is 16.6. The Balaban J connectivity index is 3.57. The van der Waals surface area contributed by atoms with Crippen LogP contribution >= 0.6 is 0 Å². The van der Waals surface area contributed by atoms with Gasteiger partial charge in [0.2, 0.25) is 0 Å². The van der Waals surface area contributed by atoms with Crippen molar-refractivity contribution in [1.82, 2.24) is 0 Å². The Morgan fingerprint density at radius 1 is 1.47 bits per heavy atom. The zero-order valence-corrected chi connectivity index (χ0v) is 9.02. The smallest absolute Gasteiger partial charge is 0.330 e. The van der Waals surface area contributed by atoms with E-state index in [2.05, 4.69) is 11.3 Å². The lowest BCUT2D eigenvalue weighted by atomic mass is 10.4. The van der Waals surface area contributed by atoms with E-state index in [9.17, 15) is 9.59 Å². The Labute approximate surface area is 89.0 Å². The molecule has 0 saturated carbocycles. The normalized spacial score (nSPS) is 11.6. The highest BCUT2D eigenvalue weighted by Gasteiger charge is 2.09. The fraction of sp³-hybridized carbons (Fsp3) is 0.600. The third-order valence-corrected chi connectivity index (χ3v) is 1.45. The molecule has 0 aliphatic carbocycles. The quantitative estimate of drug-likeness (QED) is 0.462. The first kappa shape index (κ1) is 13.6. The molecular formula is C10H16O5. The number of hydrogen-bond acceptors (Lipinski definition) is 5. The summed E-state index contributed by atoms with van der Waals surface area (Å²) in [7, 11) is 1.52. The second-order valence-corrected chi connectivity index (χ2v) is 2.88. The lowest BCUT2D eigenvalue weighted by Gasteiger charge is -2.11. The summed E-state index contributed by atoms with van der Waals surface area (Å²) < 4.78 is 14.3. The van der Waals surface area contributed by atoms with Gasteiger partial charge in [-0.05, 0) is 6.92 Å². The third-order valence-electron chi connectivity index (χ3n) is 1.45. The SMILES string of the molecule is C=CC(=O)OCCC(=O)OC(C)COC. The van der Waals surface area contributed by atoms with E-state index in [4.69, 9.17) is 9.47 Å². The van der Waals surface area contributed by atoms with Crippen molar-refractivity contribution in [2.24, 2.45) is 0 Å². The van der Waals surface area contributed by atoms with E-state index in [1.165, 1.54) is 7.11 Å². The van der Waals surface area contributed by atoms with Crippen LogP contribution in [-0.2, 0) is 23.8 Å². The molecule has 0 aliphatic rings. The van der Waals surface area contributed by atoms with Gasteiger partial charge in [0.15, 0.2) is 0 Å². The van der Waals surface area contributed by atoms with Crippen molar-refractivity contribution in [3.8, 4) is 0 Å². The Morgan fingerprint density at radius 2 is 2.13 bits per heavy atom. The van der Waals surface area contributed by atoms with Crippen molar-refractivity contribution in [1.29, 1.82) is 0 Å². The maximum Gasteiger partial charge on any atom is 0.330 e. The minimum absolute atomic E-state index is 0.00336. The average molecular weight is 216 g/mol. The van der Waals surface area contributed by atoms with Gasteiger partial charge >= 0.3 is 11.9 Å². The number of carbonyl (C=O) groups is 2. The van der Waals surface area contributed by atoms with Gasteiger partial charge in [-0.1, -0.05) is 6.58 Å². The van der Waals surface area contributed by atoms with Crippen LogP contribution in [0.4, 0.5) is 0 Å². The second-order valence-electron chi connectivity index (χ2n) is 2.88. The van der Waals surface area contributed by atoms with Crippen molar-refractivity contribution < 1.29 is 23.8 Å². The number of rotatable bonds is 7. The Kier molecular flexibility index (Phi) is 7.27. The van der Waals surface area contributed by atoms with Crippen LogP contribution in [0.25, 0.3) is 0 Å². The van der Waals surface area contributed by atoms with Gasteiger partial charge in [0.25, 0.3) is 0 Å². The van der Waals surface area contributed by atoms with Crippen LogP contribution in [0.3, 0.4) is 0 Å². The van der Waals surface area contributed by atoms with E-state index in [-0.39, 0.29) is 19.1 Å². The van der Waals surface area contributed by atoms with Crippen molar-refractivity contribution in [3.63, 3.8) is 0 Å². The molecule has 15 heavy (non-hydrogen) atoms. The Morgan fingerprint density at radius 3 is 2.67 bits per heavy atom. The van der Waals surface area contributed by atoms with E-state index in [1.54, 1.807) is 6.92 Å². The van der Waals surface area contributed by atoms with Gasteiger partial charge in [0.05, 0.1) is 13.0 Å².